The number of rotatable bonds is 1. The number of aryl methyl sites for hydroxylation is 2. The molecular weight excluding hydrogens is 250 g/mol. The molecule has 2 aromatic carbocycles. The van der Waals surface area contributed by atoms with E-state index in [0.29, 0.717) is 0 Å². The molecule has 0 radical (unpaired) electrons. The first-order valence-corrected chi connectivity index (χ1v) is 6.57. The molecule has 0 atom stereocenters. The van der Waals surface area contributed by atoms with Crippen LogP contribution in [0.4, 0.5) is 0 Å². The normalized spacial score (nSPS) is 11.8. The minimum Gasteiger partial charge on any atom is -0.497 e. The van der Waals surface area contributed by atoms with Crippen molar-refractivity contribution in [2.45, 2.75) is 0 Å². The van der Waals surface area contributed by atoms with Gasteiger partial charge in [-0.2, -0.15) is 5.10 Å². The fourth-order valence-electron chi connectivity index (χ4n) is 3.06. The van der Waals surface area contributed by atoms with E-state index in [1.165, 1.54) is 27.2 Å². The summed E-state index contributed by atoms with van der Waals surface area (Å²) in [5, 5.41) is 8.01. The highest BCUT2D eigenvalue weighted by molar-refractivity contribution is 6.17. The van der Waals surface area contributed by atoms with Crippen LogP contribution in [-0.4, -0.2) is 21.5 Å². The van der Waals surface area contributed by atoms with Gasteiger partial charge in [-0.3, -0.25) is 4.68 Å². The molecule has 0 aliphatic carbocycles. The van der Waals surface area contributed by atoms with Crippen LogP contribution in [0, 0.1) is 0 Å². The number of ether oxygens (including phenoxy) is 1. The van der Waals surface area contributed by atoms with Gasteiger partial charge < -0.3 is 9.30 Å². The second-order valence-electron chi connectivity index (χ2n) is 5.10. The summed E-state index contributed by atoms with van der Waals surface area (Å²) < 4.78 is 9.49. The Labute approximate surface area is 116 Å². The van der Waals surface area contributed by atoms with E-state index in [2.05, 4.69) is 41.0 Å². The third kappa shape index (κ3) is 1.28. The topological polar surface area (TPSA) is 32.0 Å². The zero-order valence-electron chi connectivity index (χ0n) is 11.7. The molecule has 0 aliphatic rings. The highest BCUT2D eigenvalue weighted by Gasteiger charge is 2.13. The second-order valence-corrected chi connectivity index (χ2v) is 5.10. The van der Waals surface area contributed by atoms with Gasteiger partial charge in [0.25, 0.3) is 0 Å². The van der Waals surface area contributed by atoms with Crippen molar-refractivity contribution in [3.8, 4) is 5.75 Å². The fraction of sp³-hybridized carbons (Fsp3) is 0.188. The van der Waals surface area contributed by atoms with E-state index in [1.807, 2.05) is 24.0 Å². The Kier molecular flexibility index (Phi) is 2.13. The zero-order chi connectivity index (χ0) is 13.9. The number of benzene rings is 2. The van der Waals surface area contributed by atoms with E-state index in [9.17, 15) is 0 Å². The summed E-state index contributed by atoms with van der Waals surface area (Å²) >= 11 is 0. The van der Waals surface area contributed by atoms with Crippen LogP contribution in [0.15, 0.2) is 36.5 Å². The zero-order valence-corrected chi connectivity index (χ0v) is 11.7. The molecule has 4 rings (SSSR count). The van der Waals surface area contributed by atoms with Crippen LogP contribution in [0.5, 0.6) is 5.75 Å². The summed E-state index contributed by atoms with van der Waals surface area (Å²) in [6, 6.07) is 10.5. The average Bonchev–Trinajstić information content (AvgIpc) is 2.98. The largest absolute Gasteiger partial charge is 0.497 e. The van der Waals surface area contributed by atoms with E-state index in [-0.39, 0.29) is 0 Å². The second kappa shape index (κ2) is 3.76. The summed E-state index contributed by atoms with van der Waals surface area (Å²) in [5.41, 5.74) is 3.58. The lowest BCUT2D eigenvalue weighted by molar-refractivity contribution is 0.415. The van der Waals surface area contributed by atoms with E-state index in [0.717, 1.165) is 11.3 Å². The van der Waals surface area contributed by atoms with Crippen molar-refractivity contribution >= 4 is 32.7 Å². The molecule has 0 bridgehead atoms. The van der Waals surface area contributed by atoms with Crippen molar-refractivity contribution in [1.82, 2.24) is 14.3 Å². The summed E-state index contributed by atoms with van der Waals surface area (Å²) in [7, 11) is 5.77. The predicted molar refractivity (Wildman–Crippen MR) is 81.2 cm³/mol. The SMILES string of the molecule is COc1ccc2c(c1)c1ccc3c(cnn3C)c1n2C. The van der Waals surface area contributed by atoms with Crippen LogP contribution in [0.2, 0.25) is 0 Å². The van der Waals surface area contributed by atoms with Crippen LogP contribution in [0.25, 0.3) is 32.7 Å². The van der Waals surface area contributed by atoms with Crippen LogP contribution in [-0.2, 0) is 14.1 Å². The Hall–Kier alpha value is -2.49. The standard InChI is InChI=1S/C16H15N3O/c1-18-14-6-4-10(20-3)8-12(14)11-5-7-15-13(16(11)18)9-17-19(15)2/h4-9H,1-3H3. The van der Waals surface area contributed by atoms with Gasteiger partial charge in [0.15, 0.2) is 0 Å². The Bertz CT molecular complexity index is 962. The molecule has 2 aromatic heterocycles. The number of aromatic nitrogens is 3. The molecular formula is C16H15N3O. The van der Waals surface area contributed by atoms with E-state index >= 15 is 0 Å². The van der Waals surface area contributed by atoms with Gasteiger partial charge in [0.05, 0.1) is 24.3 Å². The van der Waals surface area contributed by atoms with Crippen LogP contribution in [0.1, 0.15) is 0 Å². The minimum absolute atomic E-state index is 0.885. The van der Waals surface area contributed by atoms with Crippen molar-refractivity contribution < 1.29 is 4.74 Å². The Morgan fingerprint density at radius 3 is 2.55 bits per heavy atom. The number of hydrogen-bond acceptors (Lipinski definition) is 2. The summed E-state index contributed by atoms with van der Waals surface area (Å²) in [4.78, 5) is 0. The molecule has 0 amide bonds. The van der Waals surface area contributed by atoms with Gasteiger partial charge in [-0.1, -0.05) is 6.07 Å². The molecule has 20 heavy (non-hydrogen) atoms. The van der Waals surface area contributed by atoms with E-state index in [1.54, 1.807) is 7.11 Å². The molecule has 2 heterocycles. The Morgan fingerprint density at radius 2 is 1.75 bits per heavy atom. The molecule has 4 nitrogen and oxygen atoms in total. The number of nitrogens with zero attached hydrogens (tertiary/aromatic N) is 3. The van der Waals surface area contributed by atoms with Crippen molar-refractivity contribution in [3.05, 3.63) is 36.5 Å². The van der Waals surface area contributed by atoms with E-state index in [4.69, 9.17) is 4.74 Å². The van der Waals surface area contributed by atoms with Gasteiger partial charge in [0, 0.05) is 35.8 Å². The van der Waals surface area contributed by atoms with Gasteiger partial charge in [0.1, 0.15) is 5.75 Å². The summed E-state index contributed by atoms with van der Waals surface area (Å²) in [6.07, 6.45) is 1.94. The molecule has 0 fully saturated rings. The van der Waals surface area contributed by atoms with Gasteiger partial charge in [-0.05, 0) is 24.3 Å². The van der Waals surface area contributed by atoms with Crippen molar-refractivity contribution in [3.63, 3.8) is 0 Å². The molecule has 4 heteroatoms. The Balaban J connectivity index is 2.27. The van der Waals surface area contributed by atoms with Crippen molar-refractivity contribution in [1.29, 1.82) is 0 Å². The molecule has 100 valence electrons. The van der Waals surface area contributed by atoms with Gasteiger partial charge in [-0.25, -0.2) is 0 Å². The lowest BCUT2D eigenvalue weighted by Gasteiger charge is -2.00. The maximum absolute atomic E-state index is 5.35. The lowest BCUT2D eigenvalue weighted by atomic mass is 10.1. The number of fused-ring (bicyclic) bond motifs is 5. The van der Waals surface area contributed by atoms with Crippen LogP contribution < -0.4 is 4.74 Å². The Morgan fingerprint density at radius 1 is 0.950 bits per heavy atom. The van der Waals surface area contributed by atoms with Gasteiger partial charge in [0.2, 0.25) is 0 Å². The quantitative estimate of drug-likeness (QED) is 0.529. The molecule has 0 unspecified atom stereocenters. The third-order valence-electron chi connectivity index (χ3n) is 4.09. The first-order valence-electron chi connectivity index (χ1n) is 6.57. The average molecular weight is 265 g/mol. The fourth-order valence-corrected chi connectivity index (χ4v) is 3.06. The summed E-state index contributed by atoms with van der Waals surface area (Å²) in [5.74, 6) is 0.885. The monoisotopic (exact) mass is 265 g/mol. The van der Waals surface area contributed by atoms with Crippen LogP contribution >= 0.6 is 0 Å². The first-order chi connectivity index (χ1) is 9.70. The smallest absolute Gasteiger partial charge is 0.119 e. The van der Waals surface area contributed by atoms with Crippen molar-refractivity contribution in [2.24, 2.45) is 14.1 Å². The number of methoxy groups -OCH3 is 1. The molecule has 0 spiro atoms. The highest BCUT2D eigenvalue weighted by atomic mass is 16.5. The van der Waals surface area contributed by atoms with E-state index < -0.39 is 0 Å². The predicted octanol–water partition coefficient (Wildman–Crippen LogP) is 3.23. The maximum atomic E-state index is 5.35. The molecule has 0 saturated carbocycles. The molecule has 0 N–H and O–H groups in total. The number of hydrogen-bond donors (Lipinski definition) is 0. The first kappa shape index (κ1) is 11.3. The molecule has 0 aliphatic heterocycles. The molecule has 4 aromatic rings. The van der Waals surface area contributed by atoms with Gasteiger partial charge in [-0.15, -0.1) is 0 Å². The minimum atomic E-state index is 0.885. The van der Waals surface area contributed by atoms with Crippen LogP contribution in [0.3, 0.4) is 0 Å². The third-order valence-corrected chi connectivity index (χ3v) is 4.09. The van der Waals surface area contributed by atoms with Crippen molar-refractivity contribution in [2.75, 3.05) is 7.11 Å². The van der Waals surface area contributed by atoms with Gasteiger partial charge >= 0.3 is 0 Å². The maximum Gasteiger partial charge on any atom is 0.119 e. The highest BCUT2D eigenvalue weighted by Crippen LogP contribution is 2.34. The molecule has 0 saturated heterocycles. The lowest BCUT2D eigenvalue weighted by Crippen LogP contribution is -1.89. The summed E-state index contributed by atoms with van der Waals surface area (Å²) in [6.45, 7) is 0.